The molecular formula is C42H55N7O7. The van der Waals surface area contributed by atoms with Crippen molar-refractivity contribution in [2.45, 2.75) is 91.2 Å². The van der Waals surface area contributed by atoms with Gasteiger partial charge in [0, 0.05) is 38.0 Å². The van der Waals surface area contributed by atoms with Gasteiger partial charge < -0.3 is 38.6 Å². The second-order valence-electron chi connectivity index (χ2n) is 14.6. The van der Waals surface area contributed by atoms with Crippen LogP contribution in [0, 0.1) is 0 Å². The van der Waals surface area contributed by atoms with Crippen LogP contribution in [-0.4, -0.2) is 86.8 Å². The quantitative estimate of drug-likeness (QED) is 0.0892. The summed E-state index contributed by atoms with van der Waals surface area (Å²) >= 11 is 0. The zero-order chi connectivity index (χ0) is 40.2. The molecule has 5 aromatic rings. The molecule has 3 aromatic heterocycles. The lowest BCUT2D eigenvalue weighted by atomic mass is 10.1. The van der Waals surface area contributed by atoms with Crippen molar-refractivity contribution in [2.24, 2.45) is 0 Å². The standard InChI is InChI=1S/C42H55N7O7/c1-9-11-34(12-10-2)55-40-45-39(48(27-29-13-18-32(52-7)19-14-29)28-30-15-20-33(53-8)21-16-30)38-44-26-35(49(38)46-40)37(50)31-17-22-36(43-25-31)54-24-23-47(6)41(51)56-42(3,4)5/h13-22,25-26,34,37,50H,9-12,23-24,27-28H2,1-8H3. The predicted molar refractivity (Wildman–Crippen MR) is 214 cm³/mol. The summed E-state index contributed by atoms with van der Waals surface area (Å²) in [4.78, 5) is 30.1. The number of carbonyl (C=O) groups is 1. The first kappa shape index (κ1) is 41.5. The van der Waals surface area contributed by atoms with Crippen LogP contribution in [0.1, 0.15) is 88.8 Å². The molecule has 5 rings (SSSR count). The number of aliphatic hydroxyl groups excluding tert-OH is 1. The number of methoxy groups -OCH3 is 2. The molecule has 1 unspecified atom stereocenters. The van der Waals surface area contributed by atoms with Crippen molar-refractivity contribution in [3.63, 3.8) is 0 Å². The van der Waals surface area contributed by atoms with Gasteiger partial charge >= 0.3 is 12.1 Å². The monoisotopic (exact) mass is 769 g/mol. The normalized spacial score (nSPS) is 12.0. The molecule has 14 heteroatoms. The molecule has 1 atom stereocenters. The lowest BCUT2D eigenvalue weighted by Crippen LogP contribution is -2.36. The third kappa shape index (κ3) is 11.2. The summed E-state index contributed by atoms with van der Waals surface area (Å²) in [5, 5.41) is 16.6. The molecule has 0 saturated carbocycles. The number of aromatic nitrogens is 5. The number of hydrogen-bond acceptors (Lipinski definition) is 12. The third-order valence-corrected chi connectivity index (χ3v) is 8.95. The van der Waals surface area contributed by atoms with Crippen molar-refractivity contribution >= 4 is 17.6 Å². The van der Waals surface area contributed by atoms with Crippen molar-refractivity contribution in [2.75, 3.05) is 39.3 Å². The minimum absolute atomic E-state index is 0.0792. The maximum absolute atomic E-state index is 12.3. The second kappa shape index (κ2) is 19.3. The molecule has 0 saturated heterocycles. The Balaban J connectivity index is 1.47. The average molecular weight is 770 g/mol. The lowest BCUT2D eigenvalue weighted by molar-refractivity contribution is 0.0277. The lowest BCUT2D eigenvalue weighted by Gasteiger charge is -2.26. The van der Waals surface area contributed by atoms with E-state index < -0.39 is 17.8 Å². The summed E-state index contributed by atoms with van der Waals surface area (Å²) in [6, 6.07) is 19.4. The molecule has 56 heavy (non-hydrogen) atoms. The molecule has 14 nitrogen and oxygen atoms in total. The van der Waals surface area contributed by atoms with E-state index in [1.165, 1.54) is 4.90 Å². The summed E-state index contributed by atoms with van der Waals surface area (Å²) in [5.41, 5.74) is 2.86. The number of nitrogens with zero attached hydrogens (tertiary/aromatic N) is 7. The number of imidazole rings is 1. The fourth-order valence-electron chi connectivity index (χ4n) is 6.00. The molecule has 2 aromatic carbocycles. The maximum atomic E-state index is 12.3. The molecule has 0 aliphatic carbocycles. The number of anilines is 1. The minimum atomic E-state index is -1.14. The van der Waals surface area contributed by atoms with Gasteiger partial charge in [-0.2, -0.15) is 4.98 Å². The Kier molecular flexibility index (Phi) is 14.3. The highest BCUT2D eigenvalue weighted by Crippen LogP contribution is 2.30. The topological polar surface area (TPSA) is 146 Å². The number of likely N-dealkylation sites (N-methyl/N-ethyl adjacent to an activating group) is 1. The van der Waals surface area contributed by atoms with Gasteiger partial charge in [0.1, 0.15) is 35.9 Å². The van der Waals surface area contributed by atoms with Crippen molar-refractivity contribution in [1.29, 1.82) is 0 Å². The number of hydrogen-bond donors (Lipinski definition) is 1. The van der Waals surface area contributed by atoms with Crippen LogP contribution in [-0.2, 0) is 17.8 Å². The highest BCUT2D eigenvalue weighted by Gasteiger charge is 2.25. The molecule has 0 aliphatic rings. The molecule has 0 aliphatic heterocycles. The van der Waals surface area contributed by atoms with E-state index in [2.05, 4.69) is 23.7 Å². The van der Waals surface area contributed by atoms with E-state index in [9.17, 15) is 9.90 Å². The Hall–Kier alpha value is -5.63. The number of amides is 1. The Labute approximate surface area is 329 Å². The van der Waals surface area contributed by atoms with E-state index in [1.807, 2.05) is 69.3 Å². The van der Waals surface area contributed by atoms with Gasteiger partial charge in [-0.15, -0.1) is 5.10 Å². The van der Waals surface area contributed by atoms with E-state index in [4.69, 9.17) is 38.8 Å². The fraction of sp³-hybridized carbons (Fsp3) is 0.452. The molecule has 0 fully saturated rings. The molecule has 1 amide bonds. The Morgan fingerprint density at radius 2 is 1.46 bits per heavy atom. The fourth-order valence-corrected chi connectivity index (χ4v) is 6.00. The maximum Gasteiger partial charge on any atom is 0.410 e. The smallest absolute Gasteiger partial charge is 0.410 e. The van der Waals surface area contributed by atoms with E-state index in [0.29, 0.717) is 48.2 Å². The van der Waals surface area contributed by atoms with Gasteiger partial charge in [0.2, 0.25) is 5.88 Å². The Morgan fingerprint density at radius 1 is 0.857 bits per heavy atom. The number of pyridine rings is 1. The van der Waals surface area contributed by atoms with Crippen LogP contribution >= 0.6 is 0 Å². The second-order valence-corrected chi connectivity index (χ2v) is 14.6. The number of ether oxygens (including phenoxy) is 5. The predicted octanol–water partition coefficient (Wildman–Crippen LogP) is 7.42. The van der Waals surface area contributed by atoms with E-state index >= 15 is 0 Å². The van der Waals surface area contributed by atoms with Gasteiger partial charge in [-0.25, -0.2) is 19.3 Å². The van der Waals surface area contributed by atoms with E-state index in [0.717, 1.165) is 48.3 Å². The van der Waals surface area contributed by atoms with Gasteiger partial charge in [0.15, 0.2) is 11.5 Å². The molecule has 0 radical (unpaired) electrons. The number of carbonyl (C=O) groups excluding carboxylic acids is 1. The number of benzene rings is 2. The van der Waals surface area contributed by atoms with Crippen molar-refractivity contribution in [3.05, 3.63) is 95.4 Å². The summed E-state index contributed by atoms with van der Waals surface area (Å²) in [6.07, 6.45) is 5.10. The van der Waals surface area contributed by atoms with Crippen molar-refractivity contribution in [1.82, 2.24) is 29.5 Å². The average Bonchev–Trinajstić information content (AvgIpc) is 3.61. The molecule has 0 bridgehead atoms. The van der Waals surface area contributed by atoms with Crippen molar-refractivity contribution in [3.8, 4) is 23.4 Å². The molecule has 3 heterocycles. The summed E-state index contributed by atoms with van der Waals surface area (Å²) < 4.78 is 30.1. The van der Waals surface area contributed by atoms with Gasteiger partial charge in [-0.3, -0.25) is 0 Å². The van der Waals surface area contributed by atoms with Crippen LogP contribution in [0.3, 0.4) is 0 Å². The highest BCUT2D eigenvalue weighted by atomic mass is 16.6. The summed E-state index contributed by atoms with van der Waals surface area (Å²) in [7, 11) is 4.94. The van der Waals surface area contributed by atoms with Crippen LogP contribution in [0.15, 0.2) is 73.1 Å². The van der Waals surface area contributed by atoms with E-state index in [1.54, 1.807) is 50.3 Å². The Bertz CT molecular complexity index is 1930. The van der Waals surface area contributed by atoms with Crippen LogP contribution < -0.4 is 23.8 Å². The minimum Gasteiger partial charge on any atom is -0.497 e. The zero-order valence-corrected chi connectivity index (χ0v) is 33.8. The van der Waals surface area contributed by atoms with Crippen LogP contribution in [0.4, 0.5) is 10.6 Å². The third-order valence-electron chi connectivity index (χ3n) is 8.95. The van der Waals surface area contributed by atoms with Gasteiger partial charge in [0.05, 0.1) is 32.7 Å². The number of rotatable bonds is 19. The SMILES string of the molecule is CCCC(CCC)Oc1nc(N(Cc2ccc(OC)cc2)Cc2ccc(OC)cc2)c2ncc(C(O)c3ccc(OCCN(C)C(=O)OC(C)(C)C)nc3)n2n1. The summed E-state index contributed by atoms with van der Waals surface area (Å²) in [6.45, 7) is 11.2. The van der Waals surface area contributed by atoms with Crippen LogP contribution in [0.25, 0.3) is 5.65 Å². The van der Waals surface area contributed by atoms with Crippen LogP contribution in [0.2, 0.25) is 0 Å². The first-order valence-electron chi connectivity index (χ1n) is 19.0. The summed E-state index contributed by atoms with van der Waals surface area (Å²) in [5.74, 6) is 2.42. The van der Waals surface area contributed by atoms with Gasteiger partial charge in [-0.1, -0.05) is 51.0 Å². The largest absolute Gasteiger partial charge is 0.497 e. The molecule has 1 N–H and O–H groups in total. The number of fused-ring (bicyclic) bond motifs is 1. The molecule has 300 valence electrons. The van der Waals surface area contributed by atoms with Crippen molar-refractivity contribution < 1.29 is 33.6 Å². The van der Waals surface area contributed by atoms with E-state index in [-0.39, 0.29) is 18.7 Å². The zero-order valence-electron chi connectivity index (χ0n) is 33.8. The first-order chi connectivity index (χ1) is 26.9. The first-order valence-corrected chi connectivity index (χ1v) is 19.0. The Morgan fingerprint density at radius 3 is 1.98 bits per heavy atom. The highest BCUT2D eigenvalue weighted by molar-refractivity contribution is 5.67. The van der Waals surface area contributed by atoms with Crippen LogP contribution in [0.5, 0.6) is 23.4 Å². The van der Waals surface area contributed by atoms with Gasteiger partial charge in [-0.05, 0) is 75.1 Å². The molecule has 0 spiro atoms. The molecular weight excluding hydrogens is 715 g/mol. The number of aliphatic hydroxyl groups is 1. The van der Waals surface area contributed by atoms with Gasteiger partial charge in [0.25, 0.3) is 0 Å².